The van der Waals surface area contributed by atoms with Crippen LogP contribution in [0.25, 0.3) is 0 Å². The first-order chi connectivity index (χ1) is 12.2. The van der Waals surface area contributed by atoms with E-state index < -0.39 is 24.5 Å². The predicted octanol–water partition coefficient (Wildman–Crippen LogP) is 3.30. The summed E-state index contributed by atoms with van der Waals surface area (Å²) >= 11 is 0. The van der Waals surface area contributed by atoms with Crippen molar-refractivity contribution in [2.45, 2.75) is 13.1 Å². The van der Waals surface area contributed by atoms with E-state index in [2.05, 4.69) is 5.32 Å². The largest absolute Gasteiger partial charge is 0.483 e. The minimum atomic E-state index is -4.47. The van der Waals surface area contributed by atoms with Crippen LogP contribution in [-0.4, -0.2) is 31.1 Å². The zero-order valence-corrected chi connectivity index (χ0v) is 13.9. The van der Waals surface area contributed by atoms with E-state index in [9.17, 15) is 22.8 Å². The molecule has 0 aliphatic carbocycles. The third-order valence-electron chi connectivity index (χ3n) is 3.33. The number of nitrogens with one attached hydrogen (secondary N) is 2. The highest BCUT2D eigenvalue weighted by Gasteiger charge is 2.27. The Labute approximate surface area is 148 Å². The molecule has 0 radical (unpaired) electrons. The number of benzene rings is 2. The molecule has 2 amide bonds. The van der Waals surface area contributed by atoms with Gasteiger partial charge in [0.2, 0.25) is 0 Å². The van der Waals surface area contributed by atoms with E-state index in [0.29, 0.717) is 11.4 Å². The lowest BCUT2D eigenvalue weighted by molar-refractivity contribution is -0.123. The summed E-state index contributed by atoms with van der Waals surface area (Å²) in [5.41, 5.74) is 1.36. The lowest BCUT2D eigenvalue weighted by Gasteiger charge is -2.10. The Hall–Kier alpha value is -3.03. The molecule has 0 bridgehead atoms. The third-order valence-corrected chi connectivity index (χ3v) is 3.33. The molecular formula is C18H17F3N2O3. The summed E-state index contributed by atoms with van der Waals surface area (Å²) in [5.74, 6) is -0.648. The second kappa shape index (κ2) is 8.37. The monoisotopic (exact) mass is 366 g/mol. The van der Waals surface area contributed by atoms with Crippen LogP contribution in [0.1, 0.15) is 15.9 Å². The van der Waals surface area contributed by atoms with Gasteiger partial charge in [0.25, 0.3) is 11.8 Å². The van der Waals surface area contributed by atoms with Crippen LogP contribution < -0.4 is 15.4 Å². The van der Waals surface area contributed by atoms with Crippen LogP contribution >= 0.6 is 0 Å². The second-order valence-corrected chi connectivity index (χ2v) is 5.48. The first-order valence-electron chi connectivity index (χ1n) is 7.68. The normalized spacial score (nSPS) is 10.9. The summed E-state index contributed by atoms with van der Waals surface area (Å²) in [6.45, 7) is 0.259. The fourth-order valence-electron chi connectivity index (χ4n) is 2.05. The molecule has 2 aromatic rings. The van der Waals surface area contributed by atoms with Gasteiger partial charge in [0.15, 0.2) is 6.61 Å². The van der Waals surface area contributed by atoms with Crippen LogP contribution in [-0.2, 0) is 4.79 Å². The molecular weight excluding hydrogens is 349 g/mol. The van der Waals surface area contributed by atoms with E-state index in [1.807, 2.05) is 19.1 Å². The van der Waals surface area contributed by atoms with Crippen LogP contribution in [0.2, 0.25) is 0 Å². The van der Waals surface area contributed by atoms with Crippen molar-refractivity contribution in [1.29, 1.82) is 0 Å². The molecule has 26 heavy (non-hydrogen) atoms. The standard InChI is InChI=1S/C18H17F3N2O3/c1-12-4-2-3-5-15(12)26-10-16(24)23-14-8-6-13(7-9-14)17(25)22-11-18(19,20)21/h2-9H,10-11H2,1H3,(H,22,25)(H,23,24). The smallest absolute Gasteiger partial charge is 0.405 e. The van der Waals surface area contributed by atoms with Gasteiger partial charge >= 0.3 is 6.18 Å². The number of hydrogen-bond acceptors (Lipinski definition) is 3. The predicted molar refractivity (Wildman–Crippen MR) is 90.1 cm³/mol. The molecule has 2 N–H and O–H groups in total. The number of ether oxygens (including phenoxy) is 1. The van der Waals surface area contributed by atoms with Crippen LogP contribution in [0.3, 0.4) is 0 Å². The van der Waals surface area contributed by atoms with Gasteiger partial charge in [0.05, 0.1) is 0 Å². The maximum Gasteiger partial charge on any atom is 0.405 e. The Morgan fingerprint density at radius 1 is 1.04 bits per heavy atom. The molecule has 8 heteroatoms. The van der Waals surface area contributed by atoms with E-state index in [1.165, 1.54) is 24.3 Å². The SMILES string of the molecule is Cc1ccccc1OCC(=O)Nc1ccc(C(=O)NCC(F)(F)F)cc1. The molecule has 2 aromatic carbocycles. The number of rotatable bonds is 6. The molecule has 2 rings (SSSR count). The van der Waals surface area contributed by atoms with Crippen molar-refractivity contribution in [3.63, 3.8) is 0 Å². The highest BCUT2D eigenvalue weighted by molar-refractivity contribution is 5.96. The molecule has 0 saturated carbocycles. The number of carbonyl (C=O) groups is 2. The van der Waals surface area contributed by atoms with Crippen LogP contribution in [0.4, 0.5) is 18.9 Å². The Bertz CT molecular complexity index is 774. The van der Waals surface area contributed by atoms with Gasteiger partial charge in [-0.2, -0.15) is 13.2 Å². The summed E-state index contributed by atoms with van der Waals surface area (Å²) < 4.78 is 41.7. The molecule has 0 aliphatic rings. The number of amides is 2. The van der Waals surface area contributed by atoms with Crippen LogP contribution in [0.15, 0.2) is 48.5 Å². The number of halogens is 3. The average Bonchev–Trinajstić information content (AvgIpc) is 2.59. The Kier molecular flexibility index (Phi) is 6.21. The maximum absolute atomic E-state index is 12.1. The van der Waals surface area contributed by atoms with Crippen molar-refractivity contribution < 1.29 is 27.5 Å². The van der Waals surface area contributed by atoms with Crippen molar-refractivity contribution in [3.05, 3.63) is 59.7 Å². The lowest BCUT2D eigenvalue weighted by Crippen LogP contribution is -2.33. The van der Waals surface area contributed by atoms with Gasteiger partial charge in [-0.1, -0.05) is 18.2 Å². The van der Waals surface area contributed by atoms with E-state index in [4.69, 9.17) is 4.74 Å². The molecule has 0 fully saturated rings. The number of alkyl halides is 3. The van der Waals surface area contributed by atoms with E-state index in [0.717, 1.165) is 5.56 Å². The fraction of sp³-hybridized carbons (Fsp3) is 0.222. The molecule has 0 atom stereocenters. The molecule has 138 valence electrons. The van der Waals surface area contributed by atoms with Gasteiger partial charge in [-0.3, -0.25) is 9.59 Å². The molecule has 0 saturated heterocycles. The quantitative estimate of drug-likeness (QED) is 0.824. The van der Waals surface area contributed by atoms with Crippen molar-refractivity contribution >= 4 is 17.5 Å². The van der Waals surface area contributed by atoms with Gasteiger partial charge < -0.3 is 15.4 Å². The molecule has 5 nitrogen and oxygen atoms in total. The van der Waals surface area contributed by atoms with Gasteiger partial charge in [0.1, 0.15) is 12.3 Å². The van der Waals surface area contributed by atoms with E-state index in [-0.39, 0.29) is 12.2 Å². The molecule has 0 heterocycles. The fourth-order valence-corrected chi connectivity index (χ4v) is 2.05. The average molecular weight is 366 g/mol. The molecule has 0 aliphatic heterocycles. The Morgan fingerprint density at radius 3 is 2.31 bits per heavy atom. The zero-order valence-electron chi connectivity index (χ0n) is 13.9. The van der Waals surface area contributed by atoms with Crippen LogP contribution in [0.5, 0.6) is 5.75 Å². The third kappa shape index (κ3) is 6.12. The Balaban J connectivity index is 1.85. The summed E-state index contributed by atoms with van der Waals surface area (Å²) in [4.78, 5) is 23.5. The number of aryl methyl sites for hydroxylation is 1. The first kappa shape index (κ1) is 19.3. The van der Waals surface area contributed by atoms with Gasteiger partial charge in [-0.15, -0.1) is 0 Å². The highest BCUT2D eigenvalue weighted by atomic mass is 19.4. The van der Waals surface area contributed by atoms with Crippen molar-refractivity contribution in [2.75, 3.05) is 18.5 Å². The minimum Gasteiger partial charge on any atom is -0.483 e. The van der Waals surface area contributed by atoms with E-state index >= 15 is 0 Å². The number of hydrogen-bond donors (Lipinski definition) is 2. The summed E-state index contributed by atoms with van der Waals surface area (Å²) in [7, 11) is 0. The topological polar surface area (TPSA) is 67.4 Å². The summed E-state index contributed by atoms with van der Waals surface area (Å²) in [6, 6.07) is 12.7. The number of carbonyl (C=O) groups excluding carboxylic acids is 2. The van der Waals surface area contributed by atoms with Crippen molar-refractivity contribution in [2.24, 2.45) is 0 Å². The van der Waals surface area contributed by atoms with Crippen LogP contribution in [0, 0.1) is 6.92 Å². The molecule has 0 spiro atoms. The second-order valence-electron chi connectivity index (χ2n) is 5.48. The molecule has 0 aromatic heterocycles. The van der Waals surface area contributed by atoms with Gasteiger partial charge in [-0.25, -0.2) is 0 Å². The summed E-state index contributed by atoms with van der Waals surface area (Å²) in [6.07, 6.45) is -4.47. The maximum atomic E-state index is 12.1. The first-order valence-corrected chi connectivity index (χ1v) is 7.68. The molecule has 0 unspecified atom stereocenters. The van der Waals surface area contributed by atoms with Crippen molar-refractivity contribution in [3.8, 4) is 5.75 Å². The minimum absolute atomic E-state index is 0.0587. The van der Waals surface area contributed by atoms with E-state index in [1.54, 1.807) is 17.4 Å². The summed E-state index contributed by atoms with van der Waals surface area (Å²) in [5, 5.41) is 4.35. The highest BCUT2D eigenvalue weighted by Crippen LogP contribution is 2.16. The lowest BCUT2D eigenvalue weighted by atomic mass is 10.2. The van der Waals surface area contributed by atoms with Gasteiger partial charge in [-0.05, 0) is 42.8 Å². The van der Waals surface area contributed by atoms with Gasteiger partial charge in [0, 0.05) is 11.3 Å². The Morgan fingerprint density at radius 2 is 1.69 bits per heavy atom. The van der Waals surface area contributed by atoms with Crippen molar-refractivity contribution in [1.82, 2.24) is 5.32 Å². The number of para-hydroxylation sites is 1. The zero-order chi connectivity index (χ0) is 19.2. The number of anilines is 1.